The lowest BCUT2D eigenvalue weighted by Gasteiger charge is -2.21. The molecule has 1 unspecified atom stereocenters. The van der Waals surface area contributed by atoms with E-state index in [-0.39, 0.29) is 6.54 Å². The van der Waals surface area contributed by atoms with Gasteiger partial charge in [-0.1, -0.05) is 0 Å². The van der Waals surface area contributed by atoms with Crippen LogP contribution < -0.4 is 10.6 Å². The largest absolute Gasteiger partial charge is 0.481 e. The second kappa shape index (κ2) is 7.49. The van der Waals surface area contributed by atoms with Crippen LogP contribution in [0.4, 0.5) is 4.79 Å². The fourth-order valence-electron chi connectivity index (χ4n) is 1.60. The smallest absolute Gasteiger partial charge is 0.314 e. The van der Waals surface area contributed by atoms with Crippen LogP contribution in [-0.2, 0) is 11.3 Å². The summed E-state index contributed by atoms with van der Waals surface area (Å²) in [6, 6.07) is -0.429. The van der Waals surface area contributed by atoms with Crippen LogP contribution in [-0.4, -0.2) is 50.5 Å². The van der Waals surface area contributed by atoms with Crippen LogP contribution in [0.2, 0.25) is 0 Å². The van der Waals surface area contributed by atoms with Crippen LogP contribution >= 0.6 is 0 Å². The van der Waals surface area contributed by atoms with E-state index < -0.39 is 24.0 Å². The van der Waals surface area contributed by atoms with Crippen molar-refractivity contribution in [3.63, 3.8) is 0 Å². The predicted octanol–water partition coefficient (Wildman–Crippen LogP) is -0.202. The minimum Gasteiger partial charge on any atom is -0.481 e. The number of hydrogen-bond acceptors (Lipinski definition) is 4. The van der Waals surface area contributed by atoms with E-state index in [1.54, 1.807) is 12.5 Å². The van der Waals surface area contributed by atoms with E-state index in [1.807, 2.05) is 10.8 Å². The summed E-state index contributed by atoms with van der Waals surface area (Å²) in [5.41, 5.74) is -1.46. The molecule has 0 radical (unpaired) electrons. The first-order valence-electron chi connectivity index (χ1n) is 6.31. The van der Waals surface area contributed by atoms with Gasteiger partial charge in [0.15, 0.2) is 0 Å². The number of nitrogens with one attached hydrogen (secondary N) is 2. The summed E-state index contributed by atoms with van der Waals surface area (Å²) in [5.74, 6) is -1.11. The van der Waals surface area contributed by atoms with Gasteiger partial charge in [-0.15, -0.1) is 0 Å². The molecule has 0 aliphatic heterocycles. The van der Waals surface area contributed by atoms with Gasteiger partial charge in [0, 0.05) is 32.0 Å². The molecule has 4 N–H and O–H groups in total. The zero-order chi connectivity index (χ0) is 15.0. The van der Waals surface area contributed by atoms with Gasteiger partial charge in [-0.3, -0.25) is 4.79 Å². The summed E-state index contributed by atoms with van der Waals surface area (Å²) in [4.78, 5) is 25.8. The molecule has 8 heteroatoms. The zero-order valence-corrected chi connectivity index (χ0v) is 11.4. The number of aliphatic carboxylic acids is 1. The van der Waals surface area contributed by atoms with Crippen molar-refractivity contribution in [1.29, 1.82) is 0 Å². The molecule has 1 atom stereocenters. The Hall–Kier alpha value is -2.09. The number of amides is 2. The van der Waals surface area contributed by atoms with Gasteiger partial charge in [0.25, 0.3) is 0 Å². The molecule has 0 spiro atoms. The average Bonchev–Trinajstić information content (AvgIpc) is 2.84. The monoisotopic (exact) mass is 284 g/mol. The third kappa shape index (κ3) is 6.74. The topological polar surface area (TPSA) is 116 Å². The van der Waals surface area contributed by atoms with Gasteiger partial charge in [0.1, 0.15) is 0 Å². The molecule has 0 bridgehead atoms. The summed E-state index contributed by atoms with van der Waals surface area (Å²) in [6.07, 6.45) is 5.54. The first-order valence-corrected chi connectivity index (χ1v) is 6.31. The number of carboxylic acid groups (broad SMARTS) is 1. The number of nitrogens with zero attached hydrogens (tertiary/aromatic N) is 2. The Morgan fingerprint density at radius 3 is 2.75 bits per heavy atom. The Kier molecular flexibility index (Phi) is 5.98. The quantitative estimate of drug-likeness (QED) is 0.493. The second-order valence-electron chi connectivity index (χ2n) is 4.83. The maximum atomic E-state index is 11.4. The summed E-state index contributed by atoms with van der Waals surface area (Å²) < 4.78 is 1.90. The Labute approximate surface area is 116 Å². The fraction of sp³-hybridized carbons (Fsp3) is 0.583. The lowest BCUT2D eigenvalue weighted by molar-refractivity contribution is -0.141. The molecule has 0 aliphatic carbocycles. The van der Waals surface area contributed by atoms with E-state index in [0.29, 0.717) is 6.54 Å². The van der Waals surface area contributed by atoms with Crippen molar-refractivity contribution in [1.82, 2.24) is 20.2 Å². The SMILES string of the molecule is CC(O)(CNC(=O)NCCCn1ccnc1)CC(=O)O. The lowest BCUT2D eigenvalue weighted by atomic mass is 10.0. The number of carbonyl (C=O) groups is 2. The van der Waals surface area contributed by atoms with E-state index in [2.05, 4.69) is 15.6 Å². The maximum Gasteiger partial charge on any atom is 0.314 e. The molecule has 20 heavy (non-hydrogen) atoms. The normalized spacial score (nSPS) is 13.5. The van der Waals surface area contributed by atoms with Crippen molar-refractivity contribution in [2.75, 3.05) is 13.1 Å². The van der Waals surface area contributed by atoms with Gasteiger partial charge in [-0.2, -0.15) is 0 Å². The highest BCUT2D eigenvalue weighted by atomic mass is 16.4. The molecule has 2 amide bonds. The molecule has 0 aromatic carbocycles. The molecule has 0 aliphatic rings. The van der Waals surface area contributed by atoms with Crippen molar-refractivity contribution in [2.45, 2.75) is 31.9 Å². The highest BCUT2D eigenvalue weighted by molar-refractivity contribution is 5.74. The van der Waals surface area contributed by atoms with E-state index in [1.165, 1.54) is 6.92 Å². The van der Waals surface area contributed by atoms with Gasteiger partial charge in [0.05, 0.1) is 18.3 Å². The number of aryl methyl sites for hydroxylation is 1. The first-order chi connectivity index (χ1) is 9.39. The van der Waals surface area contributed by atoms with E-state index in [4.69, 9.17) is 5.11 Å². The number of carbonyl (C=O) groups excluding carboxylic acids is 1. The van der Waals surface area contributed by atoms with Crippen LogP contribution in [0.3, 0.4) is 0 Å². The highest BCUT2D eigenvalue weighted by Gasteiger charge is 2.24. The molecule has 8 nitrogen and oxygen atoms in total. The molecule has 0 saturated carbocycles. The molecule has 1 aromatic rings. The Balaban J connectivity index is 2.12. The van der Waals surface area contributed by atoms with E-state index in [9.17, 15) is 14.7 Å². The van der Waals surface area contributed by atoms with Crippen molar-refractivity contribution >= 4 is 12.0 Å². The van der Waals surface area contributed by atoms with Crippen LogP contribution in [0.15, 0.2) is 18.7 Å². The predicted molar refractivity (Wildman–Crippen MR) is 71.1 cm³/mol. The van der Waals surface area contributed by atoms with Crippen LogP contribution in [0.5, 0.6) is 0 Å². The number of imidazole rings is 1. The summed E-state index contributed by atoms with van der Waals surface area (Å²) in [5, 5.41) is 23.3. The highest BCUT2D eigenvalue weighted by Crippen LogP contribution is 2.06. The number of aliphatic hydroxyl groups is 1. The van der Waals surface area contributed by atoms with Gasteiger partial charge in [0.2, 0.25) is 0 Å². The third-order valence-corrected chi connectivity index (χ3v) is 2.60. The summed E-state index contributed by atoms with van der Waals surface area (Å²) in [7, 11) is 0. The minimum absolute atomic E-state index is 0.118. The third-order valence-electron chi connectivity index (χ3n) is 2.60. The molecule has 1 rings (SSSR count). The number of hydrogen-bond donors (Lipinski definition) is 4. The summed E-state index contributed by atoms with van der Waals surface area (Å²) in [6.45, 7) is 2.47. The van der Waals surface area contributed by atoms with Crippen LogP contribution in [0.1, 0.15) is 19.8 Å². The van der Waals surface area contributed by atoms with Crippen LogP contribution in [0, 0.1) is 0 Å². The summed E-state index contributed by atoms with van der Waals surface area (Å²) >= 11 is 0. The molecule has 1 aromatic heterocycles. The van der Waals surface area contributed by atoms with Crippen molar-refractivity contribution in [3.05, 3.63) is 18.7 Å². The Morgan fingerprint density at radius 1 is 1.40 bits per heavy atom. The standard InChI is InChI=1S/C12H20N4O4/c1-12(20,7-10(17)18)8-15-11(19)14-3-2-5-16-6-4-13-9-16/h4,6,9,20H,2-3,5,7-8H2,1H3,(H,17,18)(H2,14,15,19). The Bertz CT molecular complexity index is 431. The number of urea groups is 1. The number of carboxylic acids is 1. The molecule has 0 saturated heterocycles. The lowest BCUT2D eigenvalue weighted by Crippen LogP contribution is -2.46. The second-order valence-corrected chi connectivity index (χ2v) is 4.83. The average molecular weight is 284 g/mol. The first kappa shape index (κ1) is 16.0. The molecule has 0 fully saturated rings. The number of aromatic nitrogens is 2. The molecular weight excluding hydrogens is 264 g/mol. The maximum absolute atomic E-state index is 11.4. The fourth-order valence-corrected chi connectivity index (χ4v) is 1.60. The van der Waals surface area contributed by atoms with Crippen molar-refractivity contribution in [2.24, 2.45) is 0 Å². The van der Waals surface area contributed by atoms with E-state index in [0.717, 1.165) is 13.0 Å². The Morgan fingerprint density at radius 2 is 2.15 bits per heavy atom. The van der Waals surface area contributed by atoms with Gasteiger partial charge >= 0.3 is 12.0 Å². The van der Waals surface area contributed by atoms with Gasteiger partial charge in [-0.05, 0) is 13.3 Å². The molecular formula is C12H20N4O4. The zero-order valence-electron chi connectivity index (χ0n) is 11.4. The van der Waals surface area contributed by atoms with Gasteiger partial charge in [-0.25, -0.2) is 9.78 Å². The van der Waals surface area contributed by atoms with Crippen molar-refractivity contribution in [3.8, 4) is 0 Å². The number of rotatable bonds is 8. The van der Waals surface area contributed by atoms with E-state index >= 15 is 0 Å². The molecule has 112 valence electrons. The van der Waals surface area contributed by atoms with Crippen molar-refractivity contribution < 1.29 is 19.8 Å². The van der Waals surface area contributed by atoms with Crippen LogP contribution in [0.25, 0.3) is 0 Å². The molecule has 1 heterocycles. The van der Waals surface area contributed by atoms with Gasteiger partial charge < -0.3 is 25.4 Å². The minimum atomic E-state index is -1.46.